The summed E-state index contributed by atoms with van der Waals surface area (Å²) in [4.78, 5) is 47.3. The maximum Gasteiger partial charge on any atom is 0.472 e. The van der Waals surface area contributed by atoms with Crippen molar-refractivity contribution in [2.45, 2.75) is 213 Å². The van der Waals surface area contributed by atoms with Crippen LogP contribution in [0.1, 0.15) is 206 Å². The summed E-state index contributed by atoms with van der Waals surface area (Å²) < 4.78 is 62.4. The van der Waals surface area contributed by atoms with Crippen molar-refractivity contribution in [3.05, 3.63) is 0 Å². The molecule has 0 spiro atoms. The summed E-state index contributed by atoms with van der Waals surface area (Å²) in [6, 6.07) is -2.92. The predicted octanol–water partition coefficient (Wildman–Crippen LogP) is 10.0. The molecular formula is C40H79N2O9P. The first-order chi connectivity index (χ1) is 26.7. The summed E-state index contributed by atoms with van der Waals surface area (Å²) in [5.74, 6) is -2.32. The van der Waals surface area contributed by atoms with Crippen LogP contribution in [0.15, 0.2) is 0 Å². The standard InChI is InChI=1S/C40H79N2O9P/c1-4-6-8-10-12-14-16-18-20-22-24-26-28-30-38(43)48-34-37(35-50-52(46,47)49-33-32-42-40(45)36(3)41)51-39(44)31-29-27-25-23-21-19-17-15-13-11-9-7-5-2/h36-37H,4-35,41H2,1-3H3,(H,42,45)(H,46,47)/t36-,37?/m0/s1/i3+1D3,36+1D,40+1. The van der Waals surface area contributed by atoms with Gasteiger partial charge in [-0.2, -0.15) is 0 Å². The average Bonchev–Trinajstić information content (AvgIpc) is 3.14. The summed E-state index contributed by atoms with van der Waals surface area (Å²) >= 11 is 0. The Kier molecular flexibility index (Phi) is 30.3. The molecule has 308 valence electrons. The quantitative estimate of drug-likeness (QED) is 0.0237. The van der Waals surface area contributed by atoms with E-state index in [0.29, 0.717) is 12.8 Å². The smallest absolute Gasteiger partial charge is 0.462 e. The number of amides is 1. The van der Waals surface area contributed by atoms with Crippen molar-refractivity contribution in [3.63, 3.8) is 0 Å². The number of hydrogen-bond donors (Lipinski definition) is 3. The highest BCUT2D eigenvalue weighted by Gasteiger charge is 2.26. The molecule has 0 rings (SSSR count). The third-order valence-electron chi connectivity index (χ3n) is 9.01. The maximum absolute atomic E-state index is 12.7. The van der Waals surface area contributed by atoms with E-state index in [9.17, 15) is 23.8 Å². The van der Waals surface area contributed by atoms with Crippen LogP contribution in [0.4, 0.5) is 0 Å². The van der Waals surface area contributed by atoms with Gasteiger partial charge >= 0.3 is 19.8 Å². The van der Waals surface area contributed by atoms with E-state index < -0.39 is 64.4 Å². The number of hydrogen-bond acceptors (Lipinski definition) is 9. The predicted molar refractivity (Wildman–Crippen MR) is 210 cm³/mol. The molecule has 0 aromatic heterocycles. The van der Waals surface area contributed by atoms with Gasteiger partial charge in [0.15, 0.2) is 6.10 Å². The molecule has 2 unspecified atom stereocenters. The zero-order valence-electron chi connectivity index (χ0n) is 36.9. The van der Waals surface area contributed by atoms with Crippen molar-refractivity contribution in [1.82, 2.24) is 5.32 Å². The Morgan fingerprint density at radius 2 is 1.06 bits per heavy atom. The topological polar surface area (TPSA) is 163 Å². The number of carbonyl (C=O) groups excluding carboxylic acids is 3. The number of esters is 2. The lowest BCUT2D eigenvalue weighted by Crippen LogP contribution is -2.39. The van der Waals surface area contributed by atoms with Crippen molar-refractivity contribution >= 4 is 25.7 Å². The van der Waals surface area contributed by atoms with Gasteiger partial charge in [-0.05, 0) is 19.7 Å². The highest BCUT2D eigenvalue weighted by atomic mass is 31.2. The van der Waals surface area contributed by atoms with Crippen molar-refractivity contribution < 1.29 is 47.8 Å². The minimum absolute atomic E-state index is 0.142. The molecule has 0 aliphatic carbocycles. The Hall–Kier alpha value is -1.52. The van der Waals surface area contributed by atoms with Crippen LogP contribution in [0.2, 0.25) is 0 Å². The molecular weight excluding hydrogens is 686 g/mol. The molecule has 3 atom stereocenters. The van der Waals surface area contributed by atoms with E-state index >= 15 is 0 Å². The van der Waals surface area contributed by atoms with E-state index in [1.807, 2.05) is 0 Å². The lowest BCUT2D eigenvalue weighted by molar-refractivity contribution is -0.161. The van der Waals surface area contributed by atoms with Gasteiger partial charge in [-0.3, -0.25) is 23.4 Å². The summed E-state index contributed by atoms with van der Waals surface area (Å²) in [5, 5.41) is 2.07. The summed E-state index contributed by atoms with van der Waals surface area (Å²) in [5.41, 5.74) is 5.29. The first kappa shape index (κ1) is 43.2. The van der Waals surface area contributed by atoms with Crippen molar-refractivity contribution in [2.75, 3.05) is 26.4 Å². The van der Waals surface area contributed by atoms with Gasteiger partial charge in [0.1, 0.15) is 6.61 Å². The van der Waals surface area contributed by atoms with Crippen LogP contribution in [0.3, 0.4) is 0 Å². The van der Waals surface area contributed by atoms with Crippen LogP contribution in [0, 0.1) is 0 Å². The molecule has 11 nitrogen and oxygen atoms in total. The maximum atomic E-state index is 12.7. The number of rotatable bonds is 39. The van der Waals surface area contributed by atoms with Gasteiger partial charge in [0.2, 0.25) is 5.91 Å². The van der Waals surface area contributed by atoms with Crippen molar-refractivity contribution in [1.29, 1.82) is 0 Å². The minimum atomic E-state index is -4.74. The molecule has 0 fully saturated rings. The van der Waals surface area contributed by atoms with Gasteiger partial charge in [-0.1, -0.05) is 168 Å². The molecule has 4 N–H and O–H groups in total. The number of carbonyl (C=O) groups is 3. The number of nitrogens with two attached hydrogens (primary N) is 1. The molecule has 0 bridgehead atoms. The second-order valence-corrected chi connectivity index (χ2v) is 15.5. The van der Waals surface area contributed by atoms with Gasteiger partial charge in [0.05, 0.1) is 20.6 Å². The fourth-order valence-corrected chi connectivity index (χ4v) is 6.58. The second-order valence-electron chi connectivity index (χ2n) is 14.0. The third-order valence-corrected chi connectivity index (χ3v) is 9.99. The number of unbranched alkanes of at least 4 members (excludes halogenated alkanes) is 24. The summed E-state index contributed by atoms with van der Waals surface area (Å²) in [6.07, 6.45) is 29.7. The van der Waals surface area contributed by atoms with E-state index in [1.54, 1.807) is 0 Å². The Morgan fingerprint density at radius 1 is 0.654 bits per heavy atom. The molecule has 1 amide bonds. The molecule has 0 saturated carbocycles. The zero-order chi connectivity index (χ0) is 42.0. The largest absolute Gasteiger partial charge is 0.472 e. The second kappa shape index (κ2) is 36.5. The minimum Gasteiger partial charge on any atom is -0.462 e. The number of ether oxygens (including phenoxy) is 2. The highest BCUT2D eigenvalue weighted by Crippen LogP contribution is 2.43. The van der Waals surface area contributed by atoms with Crippen LogP contribution in [0.25, 0.3) is 0 Å². The van der Waals surface area contributed by atoms with Gasteiger partial charge in [-0.15, -0.1) is 0 Å². The van der Waals surface area contributed by atoms with Gasteiger partial charge < -0.3 is 25.4 Å². The molecule has 0 aromatic carbocycles. The van der Waals surface area contributed by atoms with Crippen molar-refractivity contribution in [3.8, 4) is 0 Å². The zero-order valence-corrected chi connectivity index (χ0v) is 33.8. The van der Waals surface area contributed by atoms with E-state index in [1.165, 1.54) is 116 Å². The first-order valence-corrected chi connectivity index (χ1v) is 22.2. The molecule has 0 aliphatic rings. The molecule has 0 aliphatic heterocycles. The number of nitrogens with one attached hydrogen (secondary N) is 1. The Morgan fingerprint density at radius 3 is 1.48 bits per heavy atom. The molecule has 0 heterocycles. The first-order valence-electron chi connectivity index (χ1n) is 22.7. The van der Waals surface area contributed by atoms with E-state index in [4.69, 9.17) is 29.7 Å². The number of phosphoric acid groups is 1. The Bertz CT molecular complexity index is 1050. The van der Waals surface area contributed by atoms with Gasteiger partial charge in [0, 0.05) is 23.5 Å². The van der Waals surface area contributed by atoms with Crippen LogP contribution in [-0.2, 0) is 37.5 Å². The third kappa shape index (κ3) is 35.5. The molecule has 0 radical (unpaired) electrons. The fraction of sp³-hybridized carbons (Fsp3) is 0.925. The summed E-state index contributed by atoms with van der Waals surface area (Å²) in [6.45, 7) is -0.619. The fourth-order valence-electron chi connectivity index (χ4n) is 5.83. The average molecular weight is 770 g/mol. The van der Waals surface area contributed by atoms with Gasteiger partial charge in [-0.25, -0.2) is 4.57 Å². The van der Waals surface area contributed by atoms with Crippen molar-refractivity contribution in [2.24, 2.45) is 5.73 Å². The van der Waals surface area contributed by atoms with Gasteiger partial charge in [0.25, 0.3) is 0 Å². The Balaban J connectivity index is 4.63. The molecule has 0 saturated heterocycles. The van der Waals surface area contributed by atoms with E-state index in [0.717, 1.165) is 38.5 Å². The lowest BCUT2D eigenvalue weighted by atomic mass is 10.0. The Labute approximate surface area is 323 Å². The SMILES string of the molecule is [2H][13C]([2H])([2H])[13C@]([2H])(N)[13C](=O)NCCOP(=O)(O)OCC(COC(=O)CCCCCCCCCCCCCCC)OC(=O)CCCCCCCCCCCCCCC. The van der Waals surface area contributed by atoms with E-state index in [2.05, 4.69) is 19.2 Å². The van der Waals surface area contributed by atoms with Crippen LogP contribution >= 0.6 is 7.82 Å². The lowest BCUT2D eigenvalue weighted by Gasteiger charge is -2.20. The molecule has 52 heavy (non-hydrogen) atoms. The van der Waals surface area contributed by atoms with E-state index in [-0.39, 0.29) is 19.4 Å². The molecule has 0 aromatic rings. The summed E-state index contributed by atoms with van der Waals surface area (Å²) in [7, 11) is -4.74. The molecule has 12 heteroatoms. The number of phosphoric ester groups is 1. The monoisotopic (exact) mass is 770 g/mol. The normalized spacial score (nSPS) is 15.7. The van der Waals surface area contributed by atoms with Crippen LogP contribution in [0.5, 0.6) is 0 Å². The van der Waals surface area contributed by atoms with Crippen LogP contribution < -0.4 is 11.1 Å². The van der Waals surface area contributed by atoms with Crippen LogP contribution in [-0.4, -0.2) is 61.2 Å². The highest BCUT2D eigenvalue weighted by molar-refractivity contribution is 7.47.